The van der Waals surface area contributed by atoms with E-state index in [4.69, 9.17) is 94.6 Å². The zero-order valence-electron chi connectivity index (χ0n) is 59.4. The zero-order chi connectivity index (χ0) is 73.4. The summed E-state index contributed by atoms with van der Waals surface area (Å²) in [6.07, 6.45) is 2.98. The summed E-state index contributed by atoms with van der Waals surface area (Å²) < 4.78 is 135. The Bertz CT molecular complexity index is 2560. The monoisotopic (exact) mass is 1470 g/mol. The summed E-state index contributed by atoms with van der Waals surface area (Å²) in [7, 11) is -2.73. The minimum atomic E-state index is -4.36. The Morgan fingerprint density at radius 2 is 0.901 bits per heavy atom. The number of rotatable bonds is 68. The Balaban J connectivity index is 1.12. The number of nitrogens with one attached hydrogen (secondary N) is 3. The number of methoxy groups -OCH3 is 1. The summed E-state index contributed by atoms with van der Waals surface area (Å²) in [6, 6.07) is 0.642. The number of hydrogen-bond donors (Lipinski definition) is 4. The molecule has 2 heterocycles. The van der Waals surface area contributed by atoms with E-state index in [-0.39, 0.29) is 19.6 Å². The minimum Gasteiger partial charge on any atom is -0.461 e. The molecular weight excluding hydrogens is 1360 g/mol. The predicted molar refractivity (Wildman–Crippen MR) is 360 cm³/mol. The summed E-state index contributed by atoms with van der Waals surface area (Å²) in [5.41, 5.74) is 1.91. The average molecular weight is 1470 g/mol. The first kappa shape index (κ1) is 89.9. The molecule has 4 N–H and O–H groups in total. The molecule has 0 aliphatic carbocycles. The Labute approximate surface area is 593 Å². The molecule has 3 rings (SSSR count). The molecule has 34 nitrogen and oxygen atoms in total. The van der Waals surface area contributed by atoms with E-state index in [0.717, 1.165) is 33.1 Å². The van der Waals surface area contributed by atoms with Crippen molar-refractivity contribution < 1.29 is 137 Å². The normalized spacial score (nSPS) is 15.3. The van der Waals surface area contributed by atoms with Crippen molar-refractivity contribution in [2.45, 2.75) is 77.7 Å². The molecule has 2 aliphatic heterocycles. The van der Waals surface area contributed by atoms with Crippen LogP contribution in [0.15, 0.2) is 30.4 Å². The molecule has 1 aromatic rings. The Kier molecular flexibility index (Phi) is 51.6. The number of amides is 6. The molecule has 6 amide bonds. The van der Waals surface area contributed by atoms with Crippen molar-refractivity contribution in [2.75, 3.05) is 256 Å². The lowest BCUT2D eigenvalue weighted by atomic mass is 10.0. The number of esters is 1. The molecule has 35 heteroatoms. The highest BCUT2D eigenvalue weighted by Gasteiger charge is 2.47. The maximum atomic E-state index is 13.6. The number of aryl methyl sites for hydroxylation is 1. The molecule has 0 bridgehead atoms. The van der Waals surface area contributed by atoms with Crippen LogP contribution < -0.4 is 16.0 Å². The average Bonchev–Trinajstić information content (AvgIpc) is 1.64. The summed E-state index contributed by atoms with van der Waals surface area (Å²) >= 11 is 0. The van der Waals surface area contributed by atoms with Crippen LogP contribution >= 0.6 is 0 Å². The second-order valence-corrected chi connectivity index (χ2v) is 24.4. The van der Waals surface area contributed by atoms with Crippen LogP contribution in [0.1, 0.15) is 51.7 Å². The van der Waals surface area contributed by atoms with Crippen molar-refractivity contribution in [1.82, 2.24) is 20.4 Å². The molecule has 0 radical (unpaired) electrons. The van der Waals surface area contributed by atoms with Crippen molar-refractivity contribution in [3.63, 3.8) is 0 Å². The Hall–Kier alpha value is -5.36. The molecule has 580 valence electrons. The fourth-order valence-electron chi connectivity index (χ4n) is 9.23. The second kappa shape index (κ2) is 58.0. The molecule has 0 saturated carbocycles. The van der Waals surface area contributed by atoms with Crippen LogP contribution in [0.4, 0.5) is 5.69 Å². The van der Waals surface area contributed by atoms with Gasteiger partial charge in [-0.25, -0.2) is 0 Å². The van der Waals surface area contributed by atoms with Crippen LogP contribution in [0, 0.1) is 5.92 Å². The van der Waals surface area contributed by atoms with Gasteiger partial charge in [0.15, 0.2) is 0 Å². The SMILES string of the molecule is COCCOCCOCCOCCOCCOCCOCCOCCOCCOCCOCCOCCOCCOCCOCCOCCOCCCc1cc(NC(=O)[C@H](C)NC(=O)[C@@H](NC(=O)CN2C(=O)[C@@H](N3C(=O)C=CC3=O)C[C@H]2COCCS(=O)(=O)O)C(C)C)ccc1COC(C)=O. The first-order valence-corrected chi connectivity index (χ1v) is 35.8. The van der Waals surface area contributed by atoms with Crippen LogP contribution in [-0.2, 0) is 147 Å². The van der Waals surface area contributed by atoms with Crippen LogP contribution in [0.3, 0.4) is 0 Å². The lowest BCUT2D eigenvalue weighted by molar-refractivity contribution is -0.147. The molecule has 0 spiro atoms. The van der Waals surface area contributed by atoms with Crippen molar-refractivity contribution in [3.05, 3.63) is 41.5 Å². The molecular formula is C66H111N5O29S. The standard InChI is InChI=1S/C66H111N5O29S/c1-52(2)63(69-60(73)49-70-58(51-99-45-46-101(79,80)81)48-59(66(70)78)71-61(74)10-11-62(71)75)65(77)67-53(3)64(76)68-57-9-8-56(50-100-54(4)72)55(47-57)7-6-12-83-15-16-85-19-20-87-23-24-89-27-28-91-31-32-93-35-36-95-39-40-97-43-44-98-42-41-96-38-37-94-34-33-92-30-29-90-26-25-88-22-21-86-18-17-84-14-13-82-5/h8-11,47,52-53,58-59,63H,6-7,12-46,48-51H2,1-5H3,(H,67,77)(H,68,76)(H,69,73)(H,79,80,81)/t53-,58-,59-,63-/m0/s1. The fourth-order valence-corrected chi connectivity index (χ4v) is 9.56. The first-order valence-electron chi connectivity index (χ1n) is 34.2. The van der Waals surface area contributed by atoms with E-state index in [9.17, 15) is 42.0 Å². The van der Waals surface area contributed by atoms with Gasteiger partial charge in [-0.2, -0.15) is 8.42 Å². The van der Waals surface area contributed by atoms with E-state index in [1.807, 2.05) is 0 Å². The third-order valence-electron chi connectivity index (χ3n) is 14.4. The van der Waals surface area contributed by atoms with Crippen molar-refractivity contribution in [3.8, 4) is 0 Å². The smallest absolute Gasteiger partial charge is 0.302 e. The highest BCUT2D eigenvalue weighted by molar-refractivity contribution is 7.85. The highest BCUT2D eigenvalue weighted by Crippen LogP contribution is 2.27. The summed E-state index contributed by atoms with van der Waals surface area (Å²) in [6.45, 7) is 19.8. The largest absolute Gasteiger partial charge is 0.461 e. The van der Waals surface area contributed by atoms with Crippen molar-refractivity contribution in [2.24, 2.45) is 5.92 Å². The van der Waals surface area contributed by atoms with Crippen LogP contribution in [0.25, 0.3) is 0 Å². The third kappa shape index (κ3) is 44.8. The van der Waals surface area contributed by atoms with Crippen LogP contribution in [-0.4, -0.2) is 339 Å². The number of nitrogens with zero attached hydrogens (tertiary/aromatic N) is 2. The lowest BCUT2D eigenvalue weighted by Crippen LogP contribution is -2.56. The number of imide groups is 1. The van der Waals surface area contributed by atoms with Crippen molar-refractivity contribution in [1.29, 1.82) is 0 Å². The van der Waals surface area contributed by atoms with Gasteiger partial charge in [0.05, 0.1) is 243 Å². The quantitative estimate of drug-likeness (QED) is 0.0288. The molecule has 1 saturated heterocycles. The number of ether oxygens (including phenoxy) is 19. The summed E-state index contributed by atoms with van der Waals surface area (Å²) in [5, 5.41) is 8.03. The molecule has 0 aromatic heterocycles. The van der Waals surface area contributed by atoms with Gasteiger partial charge in [-0.05, 0) is 48.9 Å². The van der Waals surface area contributed by atoms with Crippen LogP contribution in [0.2, 0.25) is 0 Å². The number of likely N-dealkylation sites (tertiary alicyclic amines) is 1. The first-order chi connectivity index (χ1) is 48.9. The number of carbonyl (C=O) groups is 7. The molecule has 101 heavy (non-hydrogen) atoms. The number of anilines is 1. The van der Waals surface area contributed by atoms with E-state index in [1.165, 1.54) is 13.8 Å². The van der Waals surface area contributed by atoms with Gasteiger partial charge in [-0.15, -0.1) is 0 Å². The Morgan fingerprint density at radius 3 is 1.27 bits per heavy atom. The zero-order valence-corrected chi connectivity index (χ0v) is 60.3. The predicted octanol–water partition coefficient (Wildman–Crippen LogP) is -0.0228. The fraction of sp³-hybridized carbons (Fsp3) is 0.773. The second-order valence-electron chi connectivity index (χ2n) is 22.8. The maximum absolute atomic E-state index is 13.6. The topological polar surface area (TPSA) is 392 Å². The van der Waals surface area contributed by atoms with Crippen molar-refractivity contribution >= 4 is 57.2 Å². The van der Waals surface area contributed by atoms with Gasteiger partial charge in [0.1, 0.15) is 24.7 Å². The molecule has 2 aliphatic rings. The number of carbonyl (C=O) groups excluding carboxylic acids is 7. The third-order valence-corrected chi connectivity index (χ3v) is 15.1. The summed E-state index contributed by atoms with van der Waals surface area (Å²) in [4.78, 5) is 92.7. The maximum Gasteiger partial charge on any atom is 0.302 e. The van der Waals surface area contributed by atoms with Gasteiger partial charge in [0.2, 0.25) is 23.6 Å². The van der Waals surface area contributed by atoms with E-state index < -0.39 is 101 Å². The van der Waals surface area contributed by atoms with Gasteiger partial charge in [-0.1, -0.05) is 19.9 Å². The molecule has 0 unspecified atom stereocenters. The van der Waals surface area contributed by atoms with Gasteiger partial charge in [0, 0.05) is 44.9 Å². The number of hydrogen-bond acceptors (Lipinski definition) is 28. The molecule has 1 fully saturated rings. The molecule has 4 atom stereocenters. The summed E-state index contributed by atoms with van der Waals surface area (Å²) in [5.74, 6) is -5.97. The minimum absolute atomic E-state index is 0.00520. The van der Waals surface area contributed by atoms with Gasteiger partial charge < -0.3 is 111 Å². The van der Waals surface area contributed by atoms with Gasteiger partial charge in [0.25, 0.3) is 21.9 Å². The Morgan fingerprint density at radius 1 is 0.515 bits per heavy atom. The van der Waals surface area contributed by atoms with Gasteiger partial charge >= 0.3 is 5.97 Å². The molecule has 1 aromatic carbocycles. The highest BCUT2D eigenvalue weighted by atomic mass is 32.2. The lowest BCUT2D eigenvalue weighted by Gasteiger charge is -2.27. The van der Waals surface area contributed by atoms with E-state index in [2.05, 4.69) is 16.0 Å². The van der Waals surface area contributed by atoms with E-state index in [1.54, 1.807) is 39.2 Å². The van der Waals surface area contributed by atoms with Crippen LogP contribution in [0.5, 0.6) is 0 Å². The van der Waals surface area contributed by atoms with E-state index >= 15 is 0 Å². The van der Waals surface area contributed by atoms with E-state index in [0.29, 0.717) is 237 Å². The van der Waals surface area contributed by atoms with Gasteiger partial charge in [-0.3, -0.25) is 43.0 Å². The number of benzene rings is 1.